The zero-order chi connectivity index (χ0) is 27.3. The van der Waals surface area contributed by atoms with Gasteiger partial charge in [0.15, 0.2) is 0 Å². The smallest absolute Gasteiger partial charge is 0.350 e. The SMILES string of the molecule is CC[C@@H](C(=O)N1CCN(C)CC1)N(c1cc(C#CC(C)(C)C)sc1C(=O)OC)C(=O)[C@H]1CC[C@H](C)CC1. The summed E-state index contributed by atoms with van der Waals surface area (Å²) in [6.45, 7) is 13.1. The van der Waals surface area contributed by atoms with Gasteiger partial charge in [-0.15, -0.1) is 11.3 Å². The highest BCUT2D eigenvalue weighted by Gasteiger charge is 2.40. The molecule has 1 aromatic heterocycles. The fourth-order valence-corrected chi connectivity index (χ4v) is 5.88. The first-order valence-corrected chi connectivity index (χ1v) is 14.3. The molecule has 7 nitrogen and oxygen atoms in total. The molecular formula is C29H43N3O4S. The van der Waals surface area contributed by atoms with Gasteiger partial charge in [0, 0.05) is 37.5 Å². The number of thiophene rings is 1. The summed E-state index contributed by atoms with van der Waals surface area (Å²) >= 11 is 1.23. The van der Waals surface area contributed by atoms with Crippen molar-refractivity contribution in [3.63, 3.8) is 0 Å². The molecule has 2 fully saturated rings. The normalized spacial score (nSPS) is 21.5. The predicted octanol–water partition coefficient (Wildman–Crippen LogP) is 4.64. The number of ether oxygens (including phenoxy) is 1. The molecule has 0 radical (unpaired) electrons. The molecule has 3 rings (SSSR count). The van der Waals surface area contributed by atoms with Crippen molar-refractivity contribution in [3.8, 4) is 11.8 Å². The molecule has 0 N–H and O–H groups in total. The van der Waals surface area contributed by atoms with Gasteiger partial charge in [0.1, 0.15) is 10.9 Å². The van der Waals surface area contributed by atoms with Crippen molar-refractivity contribution in [1.82, 2.24) is 9.80 Å². The third-order valence-corrected chi connectivity index (χ3v) is 8.32. The average Bonchev–Trinajstić information content (AvgIpc) is 3.29. The van der Waals surface area contributed by atoms with E-state index in [2.05, 4.69) is 23.7 Å². The van der Waals surface area contributed by atoms with Crippen LogP contribution in [0.25, 0.3) is 0 Å². The maximum absolute atomic E-state index is 14.2. The second-order valence-corrected chi connectivity index (χ2v) is 12.6. The summed E-state index contributed by atoms with van der Waals surface area (Å²) in [4.78, 5) is 47.7. The van der Waals surface area contributed by atoms with Crippen molar-refractivity contribution in [2.24, 2.45) is 17.3 Å². The molecule has 0 spiro atoms. The minimum Gasteiger partial charge on any atom is -0.465 e. The minimum atomic E-state index is -0.684. The summed E-state index contributed by atoms with van der Waals surface area (Å²) in [6, 6.07) is 1.12. The van der Waals surface area contributed by atoms with Crippen LogP contribution in [0.1, 0.15) is 81.3 Å². The van der Waals surface area contributed by atoms with Gasteiger partial charge in [-0.1, -0.05) is 25.7 Å². The Kier molecular flexibility index (Phi) is 9.82. The van der Waals surface area contributed by atoms with E-state index in [4.69, 9.17) is 4.74 Å². The molecule has 8 heteroatoms. The molecule has 1 saturated carbocycles. The van der Waals surface area contributed by atoms with Gasteiger partial charge in [-0.05, 0) is 71.9 Å². The van der Waals surface area contributed by atoms with Crippen LogP contribution in [0.3, 0.4) is 0 Å². The highest BCUT2D eigenvalue weighted by molar-refractivity contribution is 7.15. The third kappa shape index (κ3) is 7.36. The van der Waals surface area contributed by atoms with Crippen LogP contribution in [-0.2, 0) is 14.3 Å². The van der Waals surface area contributed by atoms with E-state index in [0.29, 0.717) is 40.9 Å². The number of amides is 2. The number of rotatable bonds is 6. The lowest BCUT2D eigenvalue weighted by atomic mass is 9.82. The van der Waals surface area contributed by atoms with Crippen molar-refractivity contribution in [2.75, 3.05) is 45.2 Å². The summed E-state index contributed by atoms with van der Waals surface area (Å²) in [5.41, 5.74) is 0.237. The Labute approximate surface area is 226 Å². The Bertz CT molecular complexity index is 1030. The number of anilines is 1. The first kappa shape index (κ1) is 29.2. The van der Waals surface area contributed by atoms with Crippen LogP contribution in [0.4, 0.5) is 5.69 Å². The predicted molar refractivity (Wildman–Crippen MR) is 149 cm³/mol. The Morgan fingerprint density at radius 3 is 2.30 bits per heavy atom. The van der Waals surface area contributed by atoms with Crippen LogP contribution in [0, 0.1) is 29.1 Å². The van der Waals surface area contributed by atoms with E-state index in [1.165, 1.54) is 18.4 Å². The summed E-state index contributed by atoms with van der Waals surface area (Å²) in [6.07, 6.45) is 4.03. The zero-order valence-corrected chi connectivity index (χ0v) is 24.4. The largest absolute Gasteiger partial charge is 0.465 e. The van der Waals surface area contributed by atoms with E-state index in [1.807, 2.05) is 39.6 Å². The Balaban J connectivity index is 2.08. The van der Waals surface area contributed by atoms with Gasteiger partial charge in [-0.3, -0.25) is 14.5 Å². The monoisotopic (exact) mass is 529 g/mol. The number of methoxy groups -OCH3 is 1. The van der Waals surface area contributed by atoms with Gasteiger partial charge in [-0.2, -0.15) is 0 Å². The van der Waals surface area contributed by atoms with Gasteiger partial charge < -0.3 is 14.5 Å². The number of carbonyl (C=O) groups excluding carboxylic acids is 3. The summed E-state index contributed by atoms with van der Waals surface area (Å²) < 4.78 is 5.11. The number of hydrogen-bond acceptors (Lipinski definition) is 6. The van der Waals surface area contributed by atoms with E-state index in [1.54, 1.807) is 11.0 Å². The topological polar surface area (TPSA) is 70.2 Å². The van der Waals surface area contributed by atoms with E-state index in [-0.39, 0.29) is 23.1 Å². The maximum Gasteiger partial charge on any atom is 0.350 e. The van der Waals surface area contributed by atoms with Crippen molar-refractivity contribution in [2.45, 2.75) is 72.8 Å². The van der Waals surface area contributed by atoms with Gasteiger partial charge >= 0.3 is 5.97 Å². The van der Waals surface area contributed by atoms with Crippen molar-refractivity contribution in [1.29, 1.82) is 0 Å². The first-order chi connectivity index (χ1) is 17.4. The molecule has 204 valence electrons. The standard InChI is InChI=1S/C29H43N3O4S/c1-8-23(27(34)31-17-15-30(6)16-18-31)32(26(33)21-11-9-20(2)10-12-21)24-19-22(13-14-29(3,4)5)37-25(24)28(35)36-7/h19-21,23H,8-12,15-18H2,1-7H3/t20-,21-,23-/m0/s1. The minimum absolute atomic E-state index is 0.0579. The molecule has 1 aliphatic carbocycles. The third-order valence-electron chi connectivity index (χ3n) is 7.30. The summed E-state index contributed by atoms with van der Waals surface area (Å²) in [5.74, 6) is 6.19. The molecule has 1 aromatic rings. The maximum atomic E-state index is 14.2. The van der Waals surface area contributed by atoms with Crippen LogP contribution < -0.4 is 4.90 Å². The molecule has 0 unspecified atom stereocenters. The Hall–Kier alpha value is -2.37. The van der Waals surface area contributed by atoms with Crippen molar-refractivity contribution < 1.29 is 19.1 Å². The summed E-state index contributed by atoms with van der Waals surface area (Å²) in [7, 11) is 3.39. The lowest BCUT2D eigenvalue weighted by Crippen LogP contribution is -2.56. The molecule has 0 bridgehead atoms. The number of likely N-dealkylation sites (N-methyl/N-ethyl adjacent to an activating group) is 1. The van der Waals surface area contributed by atoms with Crippen LogP contribution in [-0.4, -0.2) is 74.0 Å². The molecule has 0 aromatic carbocycles. The molecule has 37 heavy (non-hydrogen) atoms. The van der Waals surface area contributed by atoms with E-state index < -0.39 is 12.0 Å². The fraction of sp³-hybridized carbons (Fsp3) is 0.690. The molecule has 1 saturated heterocycles. The lowest BCUT2D eigenvalue weighted by molar-refractivity contribution is -0.137. The molecule has 2 heterocycles. The van der Waals surface area contributed by atoms with E-state index >= 15 is 0 Å². The fourth-order valence-electron chi connectivity index (χ4n) is 4.96. The number of hydrogen-bond donors (Lipinski definition) is 0. The molecular weight excluding hydrogens is 486 g/mol. The highest BCUT2D eigenvalue weighted by atomic mass is 32.1. The van der Waals surface area contributed by atoms with E-state index in [9.17, 15) is 14.4 Å². The number of esters is 1. The first-order valence-electron chi connectivity index (χ1n) is 13.5. The van der Waals surface area contributed by atoms with Gasteiger partial charge in [0.25, 0.3) is 0 Å². The Morgan fingerprint density at radius 1 is 1.14 bits per heavy atom. The van der Waals surface area contributed by atoms with Crippen LogP contribution >= 0.6 is 11.3 Å². The number of nitrogens with zero attached hydrogens (tertiary/aromatic N) is 3. The zero-order valence-electron chi connectivity index (χ0n) is 23.6. The van der Waals surface area contributed by atoms with Gasteiger partial charge in [-0.25, -0.2) is 4.79 Å². The molecule has 2 amide bonds. The quantitative estimate of drug-likeness (QED) is 0.397. The average molecular weight is 530 g/mol. The van der Waals surface area contributed by atoms with Crippen LogP contribution in [0.15, 0.2) is 6.07 Å². The second-order valence-electron chi connectivity index (χ2n) is 11.5. The second kappa shape index (κ2) is 12.4. The van der Waals surface area contributed by atoms with Gasteiger partial charge in [0.05, 0.1) is 17.7 Å². The number of piperazine rings is 1. The highest BCUT2D eigenvalue weighted by Crippen LogP contribution is 2.37. The van der Waals surface area contributed by atoms with Crippen LogP contribution in [0.5, 0.6) is 0 Å². The molecule has 1 atom stereocenters. The molecule has 2 aliphatic rings. The summed E-state index contributed by atoms with van der Waals surface area (Å²) in [5, 5.41) is 0. The number of carbonyl (C=O) groups is 3. The van der Waals surface area contributed by atoms with Crippen molar-refractivity contribution in [3.05, 3.63) is 15.8 Å². The molecule has 1 aliphatic heterocycles. The van der Waals surface area contributed by atoms with E-state index in [0.717, 1.165) is 38.8 Å². The lowest BCUT2D eigenvalue weighted by Gasteiger charge is -2.39. The van der Waals surface area contributed by atoms with Crippen LogP contribution in [0.2, 0.25) is 0 Å². The van der Waals surface area contributed by atoms with Crippen molar-refractivity contribution >= 4 is 34.8 Å². The Morgan fingerprint density at radius 2 is 1.76 bits per heavy atom. The van der Waals surface area contributed by atoms with Gasteiger partial charge in [0.2, 0.25) is 11.8 Å².